The number of hydrogen-bond acceptors (Lipinski definition) is 4. The van der Waals surface area contributed by atoms with E-state index in [0.717, 1.165) is 23.3 Å². The van der Waals surface area contributed by atoms with Gasteiger partial charge in [0.1, 0.15) is 11.3 Å². The number of carbonyl (C=O) groups excluding carboxylic acids is 2. The van der Waals surface area contributed by atoms with Gasteiger partial charge in [-0.25, -0.2) is 4.98 Å². The smallest absolute Gasteiger partial charge is 0.307 e. The number of aromatic nitrogens is 2. The van der Waals surface area contributed by atoms with Crippen molar-refractivity contribution in [3.63, 3.8) is 0 Å². The Morgan fingerprint density at radius 3 is 2.64 bits per heavy atom. The molecule has 0 aliphatic rings. The molecule has 0 radical (unpaired) electrons. The van der Waals surface area contributed by atoms with Crippen molar-refractivity contribution in [1.82, 2.24) is 14.3 Å². The summed E-state index contributed by atoms with van der Waals surface area (Å²) in [6.45, 7) is 9.09. The van der Waals surface area contributed by atoms with Crippen LogP contribution < -0.4 is 0 Å². The fourth-order valence-corrected chi connectivity index (χ4v) is 2.92. The first-order valence-corrected chi connectivity index (χ1v) is 8.94. The minimum atomic E-state index is -0.277. The molecule has 6 heteroatoms. The topological polar surface area (TPSA) is 63.9 Å². The molecule has 0 spiro atoms. The minimum Gasteiger partial charge on any atom is -0.466 e. The SMILES string of the molecule is CCCN(CCC(=O)OCC)C(=O)c1c(CC)nc2c(C)cccn12. The van der Waals surface area contributed by atoms with Gasteiger partial charge in [0.15, 0.2) is 0 Å². The van der Waals surface area contributed by atoms with Gasteiger partial charge in [-0.15, -0.1) is 0 Å². The van der Waals surface area contributed by atoms with Crippen molar-refractivity contribution in [3.05, 3.63) is 35.3 Å². The predicted octanol–water partition coefficient (Wildman–Crippen LogP) is 3.01. The lowest BCUT2D eigenvalue weighted by Crippen LogP contribution is -2.35. The highest BCUT2D eigenvalue weighted by molar-refractivity contribution is 5.95. The molecular formula is C19H27N3O3. The first kappa shape index (κ1) is 19.0. The third-order valence-corrected chi connectivity index (χ3v) is 4.13. The highest BCUT2D eigenvalue weighted by atomic mass is 16.5. The number of nitrogens with zero attached hydrogens (tertiary/aromatic N) is 3. The summed E-state index contributed by atoms with van der Waals surface area (Å²) >= 11 is 0. The zero-order chi connectivity index (χ0) is 18.4. The standard InChI is InChI=1S/C19H27N3O3/c1-5-11-21(13-10-16(23)25-7-3)19(24)17-15(6-2)20-18-14(4)9-8-12-22(17)18/h8-9,12H,5-7,10-11,13H2,1-4H3. The molecule has 0 fully saturated rings. The van der Waals surface area contributed by atoms with Gasteiger partial charge < -0.3 is 9.64 Å². The molecule has 0 aliphatic carbocycles. The first-order valence-electron chi connectivity index (χ1n) is 8.94. The van der Waals surface area contributed by atoms with Crippen LogP contribution in [0.2, 0.25) is 0 Å². The van der Waals surface area contributed by atoms with Crippen LogP contribution >= 0.6 is 0 Å². The zero-order valence-corrected chi connectivity index (χ0v) is 15.5. The van der Waals surface area contributed by atoms with E-state index in [1.54, 1.807) is 11.8 Å². The highest BCUT2D eigenvalue weighted by Gasteiger charge is 2.24. The van der Waals surface area contributed by atoms with Crippen LogP contribution in [-0.4, -0.2) is 45.9 Å². The summed E-state index contributed by atoms with van der Waals surface area (Å²) in [5, 5.41) is 0. The molecule has 0 saturated carbocycles. The number of fused-ring (bicyclic) bond motifs is 1. The molecule has 2 aromatic rings. The number of pyridine rings is 1. The molecule has 0 aromatic carbocycles. The number of esters is 1. The van der Waals surface area contributed by atoms with Gasteiger partial charge in [-0.1, -0.05) is 19.9 Å². The van der Waals surface area contributed by atoms with Crippen LogP contribution in [0.1, 0.15) is 55.4 Å². The maximum Gasteiger partial charge on any atom is 0.307 e. The van der Waals surface area contributed by atoms with Gasteiger partial charge in [0.05, 0.1) is 18.7 Å². The van der Waals surface area contributed by atoms with Crippen molar-refractivity contribution >= 4 is 17.5 Å². The Kier molecular flexibility index (Phi) is 6.56. The Hall–Kier alpha value is -2.37. The third-order valence-electron chi connectivity index (χ3n) is 4.13. The van der Waals surface area contributed by atoms with E-state index < -0.39 is 0 Å². The van der Waals surface area contributed by atoms with Gasteiger partial charge in [0.2, 0.25) is 0 Å². The van der Waals surface area contributed by atoms with E-state index in [0.29, 0.717) is 31.8 Å². The average molecular weight is 345 g/mol. The van der Waals surface area contributed by atoms with Crippen molar-refractivity contribution in [1.29, 1.82) is 0 Å². The molecule has 6 nitrogen and oxygen atoms in total. The monoisotopic (exact) mass is 345 g/mol. The molecule has 0 unspecified atom stereocenters. The minimum absolute atomic E-state index is 0.0823. The van der Waals surface area contributed by atoms with Crippen molar-refractivity contribution in [2.24, 2.45) is 0 Å². The van der Waals surface area contributed by atoms with Gasteiger partial charge in [0, 0.05) is 19.3 Å². The summed E-state index contributed by atoms with van der Waals surface area (Å²) in [7, 11) is 0. The number of amides is 1. The maximum atomic E-state index is 13.2. The molecule has 25 heavy (non-hydrogen) atoms. The van der Waals surface area contributed by atoms with Crippen LogP contribution in [0.4, 0.5) is 0 Å². The van der Waals surface area contributed by atoms with E-state index in [9.17, 15) is 9.59 Å². The van der Waals surface area contributed by atoms with Gasteiger partial charge in [-0.3, -0.25) is 14.0 Å². The molecule has 0 bridgehead atoms. The van der Waals surface area contributed by atoms with Gasteiger partial charge in [0.25, 0.3) is 5.91 Å². The average Bonchev–Trinajstić information content (AvgIpc) is 2.98. The van der Waals surface area contributed by atoms with Crippen LogP contribution in [0.25, 0.3) is 5.65 Å². The van der Waals surface area contributed by atoms with Crippen molar-refractivity contribution in [3.8, 4) is 0 Å². The van der Waals surface area contributed by atoms with E-state index in [1.165, 1.54) is 0 Å². The molecule has 1 amide bonds. The maximum absolute atomic E-state index is 13.2. The van der Waals surface area contributed by atoms with Crippen molar-refractivity contribution < 1.29 is 14.3 Å². The van der Waals surface area contributed by atoms with Crippen LogP contribution in [-0.2, 0) is 16.0 Å². The quantitative estimate of drug-likeness (QED) is 0.690. The molecule has 136 valence electrons. The molecular weight excluding hydrogens is 318 g/mol. The Morgan fingerprint density at radius 1 is 1.24 bits per heavy atom. The zero-order valence-electron chi connectivity index (χ0n) is 15.5. The van der Waals surface area contributed by atoms with Crippen molar-refractivity contribution in [2.75, 3.05) is 19.7 Å². The predicted molar refractivity (Wildman–Crippen MR) is 96.8 cm³/mol. The number of hydrogen-bond donors (Lipinski definition) is 0. The van der Waals surface area contributed by atoms with E-state index >= 15 is 0 Å². The van der Waals surface area contributed by atoms with E-state index in [2.05, 4.69) is 4.98 Å². The Morgan fingerprint density at radius 2 is 2.00 bits per heavy atom. The fourth-order valence-electron chi connectivity index (χ4n) is 2.92. The lowest BCUT2D eigenvalue weighted by Gasteiger charge is -2.22. The number of aryl methyl sites for hydroxylation is 2. The summed E-state index contributed by atoms with van der Waals surface area (Å²) in [4.78, 5) is 31.2. The lowest BCUT2D eigenvalue weighted by atomic mass is 10.2. The number of rotatable bonds is 8. The van der Waals surface area contributed by atoms with Gasteiger partial charge >= 0.3 is 5.97 Å². The van der Waals surface area contributed by atoms with Crippen molar-refractivity contribution in [2.45, 2.75) is 47.0 Å². The lowest BCUT2D eigenvalue weighted by molar-refractivity contribution is -0.143. The van der Waals surface area contributed by atoms with Gasteiger partial charge in [-0.2, -0.15) is 0 Å². The summed E-state index contributed by atoms with van der Waals surface area (Å²) < 4.78 is 6.84. The Balaban J connectivity index is 2.33. The van der Waals surface area contributed by atoms with Crippen LogP contribution in [0.5, 0.6) is 0 Å². The fraction of sp³-hybridized carbons (Fsp3) is 0.526. The molecule has 2 heterocycles. The second-order valence-corrected chi connectivity index (χ2v) is 5.99. The number of imidazole rings is 1. The van der Waals surface area contributed by atoms with E-state index in [4.69, 9.17) is 4.74 Å². The molecule has 2 rings (SSSR count). The van der Waals surface area contributed by atoms with Crippen LogP contribution in [0, 0.1) is 6.92 Å². The first-order chi connectivity index (χ1) is 12.0. The summed E-state index contributed by atoms with van der Waals surface area (Å²) in [6, 6.07) is 3.91. The largest absolute Gasteiger partial charge is 0.466 e. The molecule has 0 aliphatic heterocycles. The second kappa shape index (κ2) is 8.65. The molecule has 0 saturated heterocycles. The summed E-state index contributed by atoms with van der Waals surface area (Å²) in [5.74, 6) is -0.359. The Bertz CT molecular complexity index is 752. The molecule has 0 N–H and O–H groups in total. The normalized spacial score (nSPS) is 10.9. The highest BCUT2D eigenvalue weighted by Crippen LogP contribution is 2.19. The second-order valence-electron chi connectivity index (χ2n) is 5.99. The van der Waals surface area contributed by atoms with E-state index in [1.807, 2.05) is 43.5 Å². The third kappa shape index (κ3) is 4.18. The molecule has 2 aromatic heterocycles. The summed E-state index contributed by atoms with van der Waals surface area (Å²) in [6.07, 6.45) is 3.58. The number of carbonyl (C=O) groups is 2. The summed E-state index contributed by atoms with van der Waals surface area (Å²) in [5.41, 5.74) is 3.23. The van der Waals surface area contributed by atoms with E-state index in [-0.39, 0.29) is 18.3 Å². The van der Waals surface area contributed by atoms with Gasteiger partial charge in [-0.05, 0) is 38.3 Å². The van der Waals surface area contributed by atoms with Crippen LogP contribution in [0.3, 0.4) is 0 Å². The number of ether oxygens (including phenoxy) is 1. The Labute approximate surface area is 148 Å². The molecule has 0 atom stereocenters. The van der Waals surface area contributed by atoms with Crippen LogP contribution in [0.15, 0.2) is 18.3 Å².